The Kier molecular flexibility index (Phi) is 2.49. The summed E-state index contributed by atoms with van der Waals surface area (Å²) in [4.78, 5) is 25.0. The molecule has 0 spiro atoms. The van der Waals surface area contributed by atoms with E-state index in [-0.39, 0.29) is 11.8 Å². The largest absolute Gasteiger partial charge is 0.322 e. The molecule has 2 atom stereocenters. The summed E-state index contributed by atoms with van der Waals surface area (Å²) in [5.41, 5.74) is 1.90. The van der Waals surface area contributed by atoms with Crippen molar-refractivity contribution in [2.24, 2.45) is 11.3 Å². The van der Waals surface area contributed by atoms with Crippen molar-refractivity contribution in [2.75, 3.05) is 7.05 Å². The Balaban J connectivity index is 2.48. The second kappa shape index (κ2) is 3.58. The molecule has 3 nitrogen and oxygen atoms in total. The molecule has 1 amide bonds. The summed E-state index contributed by atoms with van der Waals surface area (Å²) in [7, 11) is 1.74. The highest BCUT2D eigenvalue weighted by Crippen LogP contribution is 2.46. The van der Waals surface area contributed by atoms with E-state index in [0.29, 0.717) is 12.8 Å². The molecule has 2 aliphatic rings. The number of allylic oxidation sites excluding steroid dienone is 3. The van der Waals surface area contributed by atoms with Crippen molar-refractivity contribution in [3.05, 3.63) is 23.4 Å². The van der Waals surface area contributed by atoms with E-state index in [2.05, 4.69) is 6.92 Å². The maximum atomic E-state index is 12.1. The van der Waals surface area contributed by atoms with Crippen molar-refractivity contribution in [3.8, 4) is 0 Å². The lowest BCUT2D eigenvalue weighted by Crippen LogP contribution is -2.47. The first kappa shape index (κ1) is 11.1. The van der Waals surface area contributed by atoms with Crippen LogP contribution in [0.5, 0.6) is 0 Å². The number of fused-ring (bicyclic) bond motifs is 1. The van der Waals surface area contributed by atoms with E-state index >= 15 is 0 Å². The van der Waals surface area contributed by atoms with Crippen LogP contribution in [0.4, 0.5) is 0 Å². The Morgan fingerprint density at radius 1 is 1.44 bits per heavy atom. The minimum Gasteiger partial charge on any atom is -0.322 e. The molecule has 0 aromatic carbocycles. The number of nitrogens with zero attached hydrogens (tertiary/aromatic N) is 1. The fourth-order valence-electron chi connectivity index (χ4n) is 2.63. The monoisotopic (exact) mass is 219 g/mol. The highest BCUT2D eigenvalue weighted by atomic mass is 16.2. The molecular formula is C13H17NO2. The highest BCUT2D eigenvalue weighted by Gasteiger charge is 2.47. The van der Waals surface area contributed by atoms with E-state index in [4.69, 9.17) is 0 Å². The Bertz CT molecular complexity index is 408. The molecule has 0 N–H and O–H groups in total. The molecule has 16 heavy (non-hydrogen) atoms. The van der Waals surface area contributed by atoms with Gasteiger partial charge in [-0.25, -0.2) is 0 Å². The molecule has 0 saturated heterocycles. The maximum Gasteiger partial charge on any atom is 0.231 e. The van der Waals surface area contributed by atoms with Crippen LogP contribution in [0.1, 0.15) is 26.7 Å². The predicted molar refractivity (Wildman–Crippen MR) is 61.5 cm³/mol. The van der Waals surface area contributed by atoms with E-state index in [0.717, 1.165) is 6.29 Å². The summed E-state index contributed by atoms with van der Waals surface area (Å²) in [6.07, 6.45) is 5.96. The van der Waals surface area contributed by atoms with Gasteiger partial charge in [-0.2, -0.15) is 0 Å². The molecule has 0 aromatic rings. The fourth-order valence-corrected chi connectivity index (χ4v) is 2.63. The zero-order valence-electron chi connectivity index (χ0n) is 9.99. The number of hydrogen-bond donors (Lipinski definition) is 0. The summed E-state index contributed by atoms with van der Waals surface area (Å²) in [6, 6.07) is 0. The van der Waals surface area contributed by atoms with Gasteiger partial charge in [-0.15, -0.1) is 0 Å². The summed E-state index contributed by atoms with van der Waals surface area (Å²) in [5, 5.41) is 0. The van der Waals surface area contributed by atoms with Gasteiger partial charge < -0.3 is 9.69 Å². The van der Waals surface area contributed by atoms with Crippen LogP contribution in [-0.4, -0.2) is 24.1 Å². The quantitative estimate of drug-likeness (QED) is 0.499. The number of carbonyl (C=O) groups is 2. The number of rotatable bonds is 1. The molecule has 1 heterocycles. The van der Waals surface area contributed by atoms with Crippen molar-refractivity contribution >= 4 is 12.2 Å². The molecule has 0 fully saturated rings. The van der Waals surface area contributed by atoms with Gasteiger partial charge in [0, 0.05) is 13.2 Å². The summed E-state index contributed by atoms with van der Waals surface area (Å²) in [5.74, 6) is -0.148. The van der Waals surface area contributed by atoms with Gasteiger partial charge in [0.2, 0.25) is 5.91 Å². The first-order valence-electron chi connectivity index (χ1n) is 5.58. The Morgan fingerprint density at radius 3 is 2.75 bits per heavy atom. The van der Waals surface area contributed by atoms with Crippen molar-refractivity contribution in [1.82, 2.24) is 4.90 Å². The lowest BCUT2D eigenvalue weighted by atomic mass is 9.64. The van der Waals surface area contributed by atoms with E-state index in [1.807, 2.05) is 13.0 Å². The van der Waals surface area contributed by atoms with Gasteiger partial charge in [-0.3, -0.25) is 4.79 Å². The lowest BCUT2D eigenvalue weighted by Gasteiger charge is -2.42. The molecule has 0 aromatic heterocycles. The fraction of sp³-hybridized carbons (Fsp3) is 0.538. The van der Waals surface area contributed by atoms with Crippen LogP contribution < -0.4 is 0 Å². The number of amides is 1. The van der Waals surface area contributed by atoms with Gasteiger partial charge in [0.05, 0.1) is 11.3 Å². The summed E-state index contributed by atoms with van der Waals surface area (Å²) >= 11 is 0. The number of aldehydes is 1. The smallest absolute Gasteiger partial charge is 0.231 e. The van der Waals surface area contributed by atoms with Crippen LogP contribution >= 0.6 is 0 Å². The van der Waals surface area contributed by atoms with Gasteiger partial charge >= 0.3 is 0 Å². The molecule has 0 radical (unpaired) electrons. The molecule has 3 heteroatoms. The Morgan fingerprint density at radius 2 is 2.12 bits per heavy atom. The van der Waals surface area contributed by atoms with Crippen LogP contribution in [-0.2, 0) is 9.59 Å². The zero-order valence-corrected chi connectivity index (χ0v) is 9.99. The van der Waals surface area contributed by atoms with Crippen LogP contribution in [0.2, 0.25) is 0 Å². The minimum absolute atomic E-state index is 0.0569. The lowest BCUT2D eigenvalue weighted by molar-refractivity contribution is -0.140. The first-order chi connectivity index (χ1) is 7.50. The minimum atomic E-state index is -0.590. The van der Waals surface area contributed by atoms with Crippen molar-refractivity contribution < 1.29 is 9.59 Å². The predicted octanol–water partition coefficient (Wildman–Crippen LogP) is 1.90. The SMILES string of the molecule is CC1=C(C)C[C@]2(C=O)C=CN(C)C(=O)[C@H]2C1. The van der Waals surface area contributed by atoms with Gasteiger partial charge in [0.25, 0.3) is 0 Å². The molecule has 0 bridgehead atoms. The molecule has 0 saturated carbocycles. The molecule has 2 rings (SSSR count). The second-order valence-electron chi connectivity index (χ2n) is 4.99. The average Bonchev–Trinajstić information content (AvgIpc) is 2.27. The van der Waals surface area contributed by atoms with Gasteiger partial charge in [0.1, 0.15) is 6.29 Å². The molecule has 0 unspecified atom stereocenters. The zero-order chi connectivity index (χ0) is 11.9. The summed E-state index contributed by atoms with van der Waals surface area (Å²) in [6.45, 7) is 4.10. The maximum absolute atomic E-state index is 12.1. The van der Waals surface area contributed by atoms with Gasteiger partial charge in [0.15, 0.2) is 0 Å². The average molecular weight is 219 g/mol. The topological polar surface area (TPSA) is 37.4 Å². The van der Waals surface area contributed by atoms with Crippen LogP contribution in [0.3, 0.4) is 0 Å². The van der Waals surface area contributed by atoms with E-state index in [9.17, 15) is 9.59 Å². The van der Waals surface area contributed by atoms with E-state index < -0.39 is 5.41 Å². The van der Waals surface area contributed by atoms with Crippen LogP contribution in [0, 0.1) is 11.3 Å². The van der Waals surface area contributed by atoms with Gasteiger partial charge in [-0.1, -0.05) is 17.2 Å². The second-order valence-corrected chi connectivity index (χ2v) is 4.99. The first-order valence-corrected chi connectivity index (χ1v) is 5.58. The molecular weight excluding hydrogens is 202 g/mol. The highest BCUT2D eigenvalue weighted by molar-refractivity contribution is 5.87. The molecule has 86 valence electrons. The number of carbonyl (C=O) groups excluding carboxylic acids is 2. The molecule has 1 aliphatic heterocycles. The standard InChI is InChI=1S/C13H17NO2/c1-9-6-11-12(16)14(3)5-4-13(11,8-15)7-10(9)2/h4-5,8,11H,6-7H2,1-3H3/t11-,13+/m1/s1. The third kappa shape index (κ3) is 1.42. The Labute approximate surface area is 95.8 Å². The van der Waals surface area contributed by atoms with Crippen molar-refractivity contribution in [1.29, 1.82) is 0 Å². The normalized spacial score (nSPS) is 34.1. The van der Waals surface area contributed by atoms with Crippen molar-refractivity contribution in [2.45, 2.75) is 26.7 Å². The third-order valence-corrected chi connectivity index (χ3v) is 3.93. The summed E-state index contributed by atoms with van der Waals surface area (Å²) < 4.78 is 0. The van der Waals surface area contributed by atoms with E-state index in [1.54, 1.807) is 18.1 Å². The molecule has 1 aliphatic carbocycles. The van der Waals surface area contributed by atoms with Crippen molar-refractivity contribution in [3.63, 3.8) is 0 Å². The van der Waals surface area contributed by atoms with Gasteiger partial charge in [-0.05, 0) is 26.7 Å². The number of hydrogen-bond acceptors (Lipinski definition) is 2. The Hall–Kier alpha value is -1.38. The van der Waals surface area contributed by atoms with E-state index in [1.165, 1.54) is 11.1 Å². The van der Waals surface area contributed by atoms with Crippen LogP contribution in [0.25, 0.3) is 0 Å². The van der Waals surface area contributed by atoms with Crippen LogP contribution in [0.15, 0.2) is 23.4 Å². The third-order valence-electron chi connectivity index (χ3n) is 3.93.